The van der Waals surface area contributed by atoms with Gasteiger partial charge in [-0.15, -0.1) is 0 Å². The number of hydrogen-bond acceptors (Lipinski definition) is 5. The SMILES string of the molecule is COCCN(CCOC)c1cc2c(cc1N)CCC(=O)N2. The van der Waals surface area contributed by atoms with Gasteiger partial charge in [-0.3, -0.25) is 4.79 Å². The first kappa shape index (κ1) is 15.6. The van der Waals surface area contributed by atoms with Crippen LogP contribution in [0.25, 0.3) is 0 Å². The van der Waals surface area contributed by atoms with E-state index < -0.39 is 0 Å². The van der Waals surface area contributed by atoms with E-state index in [1.165, 1.54) is 0 Å². The molecule has 2 rings (SSSR count). The van der Waals surface area contributed by atoms with Crippen LogP contribution in [0.5, 0.6) is 0 Å². The summed E-state index contributed by atoms with van der Waals surface area (Å²) in [6, 6.07) is 3.91. The van der Waals surface area contributed by atoms with Gasteiger partial charge in [0.05, 0.1) is 24.6 Å². The van der Waals surface area contributed by atoms with Crippen molar-refractivity contribution in [2.24, 2.45) is 0 Å². The Kier molecular flexibility index (Phi) is 5.41. The molecule has 0 unspecified atom stereocenters. The van der Waals surface area contributed by atoms with E-state index in [1.807, 2.05) is 12.1 Å². The number of benzene rings is 1. The average Bonchev–Trinajstić information content (AvgIpc) is 2.47. The first-order chi connectivity index (χ1) is 10.2. The molecule has 0 spiro atoms. The van der Waals surface area contributed by atoms with Crippen molar-refractivity contribution in [3.8, 4) is 0 Å². The summed E-state index contributed by atoms with van der Waals surface area (Å²) in [5.41, 5.74) is 9.76. The minimum absolute atomic E-state index is 0.0542. The van der Waals surface area contributed by atoms with Crippen molar-refractivity contribution >= 4 is 23.0 Å². The van der Waals surface area contributed by atoms with E-state index in [-0.39, 0.29) is 5.91 Å². The van der Waals surface area contributed by atoms with Crippen LogP contribution < -0.4 is 16.0 Å². The lowest BCUT2D eigenvalue weighted by molar-refractivity contribution is -0.116. The summed E-state index contributed by atoms with van der Waals surface area (Å²) in [6.07, 6.45) is 1.25. The molecule has 0 saturated carbocycles. The Morgan fingerprint density at radius 1 is 1.19 bits per heavy atom. The largest absolute Gasteiger partial charge is 0.397 e. The number of nitrogens with two attached hydrogens (primary N) is 1. The van der Waals surface area contributed by atoms with Crippen LogP contribution >= 0.6 is 0 Å². The average molecular weight is 293 g/mol. The van der Waals surface area contributed by atoms with Crippen molar-refractivity contribution in [1.82, 2.24) is 0 Å². The molecular weight excluding hydrogens is 270 g/mol. The van der Waals surface area contributed by atoms with Crippen LogP contribution in [0.1, 0.15) is 12.0 Å². The topological polar surface area (TPSA) is 76.8 Å². The summed E-state index contributed by atoms with van der Waals surface area (Å²) in [7, 11) is 3.34. The van der Waals surface area contributed by atoms with Gasteiger partial charge in [-0.2, -0.15) is 0 Å². The summed E-state index contributed by atoms with van der Waals surface area (Å²) in [5, 5.41) is 2.91. The lowest BCUT2D eigenvalue weighted by Gasteiger charge is -2.28. The number of ether oxygens (including phenoxy) is 2. The first-order valence-corrected chi connectivity index (χ1v) is 7.10. The van der Waals surface area contributed by atoms with Crippen LogP contribution in [0.2, 0.25) is 0 Å². The molecule has 6 nitrogen and oxygen atoms in total. The van der Waals surface area contributed by atoms with E-state index in [0.29, 0.717) is 19.6 Å². The number of nitrogens with one attached hydrogen (secondary N) is 1. The highest BCUT2D eigenvalue weighted by Gasteiger charge is 2.19. The van der Waals surface area contributed by atoms with Crippen molar-refractivity contribution < 1.29 is 14.3 Å². The molecule has 1 aromatic rings. The number of carbonyl (C=O) groups excluding carboxylic acids is 1. The molecule has 116 valence electrons. The zero-order chi connectivity index (χ0) is 15.2. The molecule has 1 heterocycles. The minimum Gasteiger partial charge on any atom is -0.397 e. The third kappa shape index (κ3) is 3.86. The summed E-state index contributed by atoms with van der Waals surface area (Å²) in [6.45, 7) is 2.65. The maximum absolute atomic E-state index is 11.5. The lowest BCUT2D eigenvalue weighted by Crippen LogP contribution is -2.31. The molecule has 0 saturated heterocycles. The predicted octanol–water partition coefficient (Wildman–Crippen LogP) is 1.25. The fourth-order valence-corrected chi connectivity index (χ4v) is 2.47. The second-order valence-electron chi connectivity index (χ2n) is 5.09. The number of methoxy groups -OCH3 is 2. The molecule has 0 radical (unpaired) electrons. The zero-order valence-electron chi connectivity index (χ0n) is 12.6. The summed E-state index contributed by atoms with van der Waals surface area (Å²) in [5.74, 6) is 0.0542. The Bertz CT molecular complexity index is 497. The van der Waals surface area contributed by atoms with Gasteiger partial charge in [0.25, 0.3) is 0 Å². The van der Waals surface area contributed by atoms with Gasteiger partial charge in [0, 0.05) is 39.4 Å². The number of anilines is 3. The highest BCUT2D eigenvalue weighted by molar-refractivity contribution is 5.95. The summed E-state index contributed by atoms with van der Waals surface area (Å²) < 4.78 is 10.3. The fourth-order valence-electron chi connectivity index (χ4n) is 2.47. The van der Waals surface area contributed by atoms with Gasteiger partial charge in [0.1, 0.15) is 0 Å². The Morgan fingerprint density at radius 2 is 1.86 bits per heavy atom. The van der Waals surface area contributed by atoms with Gasteiger partial charge in [-0.05, 0) is 24.1 Å². The second kappa shape index (κ2) is 7.28. The van der Waals surface area contributed by atoms with Crippen molar-refractivity contribution in [3.63, 3.8) is 0 Å². The number of aryl methyl sites for hydroxylation is 1. The van der Waals surface area contributed by atoms with Crippen LogP contribution in [0.3, 0.4) is 0 Å². The monoisotopic (exact) mass is 293 g/mol. The van der Waals surface area contributed by atoms with Crippen LogP contribution in [-0.4, -0.2) is 46.4 Å². The number of carbonyl (C=O) groups is 1. The van der Waals surface area contributed by atoms with Gasteiger partial charge < -0.3 is 25.4 Å². The number of nitrogens with zero attached hydrogens (tertiary/aromatic N) is 1. The highest BCUT2D eigenvalue weighted by Crippen LogP contribution is 2.33. The van der Waals surface area contributed by atoms with E-state index in [9.17, 15) is 4.79 Å². The molecule has 0 atom stereocenters. The molecule has 0 fully saturated rings. The summed E-state index contributed by atoms with van der Waals surface area (Å²) in [4.78, 5) is 13.7. The zero-order valence-corrected chi connectivity index (χ0v) is 12.6. The van der Waals surface area contributed by atoms with Crippen molar-refractivity contribution in [2.45, 2.75) is 12.8 Å². The standard InChI is InChI=1S/C15H23N3O3/c1-20-7-5-18(6-8-21-2)14-10-13-11(9-12(14)16)3-4-15(19)17-13/h9-10H,3-8,16H2,1-2H3,(H,17,19). The number of hydrogen-bond donors (Lipinski definition) is 2. The third-order valence-corrected chi connectivity index (χ3v) is 3.62. The molecule has 0 aromatic heterocycles. The Hall–Kier alpha value is -1.79. The Balaban J connectivity index is 2.26. The fraction of sp³-hybridized carbons (Fsp3) is 0.533. The molecule has 1 aromatic carbocycles. The molecule has 1 aliphatic rings. The third-order valence-electron chi connectivity index (χ3n) is 3.62. The van der Waals surface area contributed by atoms with Crippen LogP contribution in [0.4, 0.5) is 17.1 Å². The summed E-state index contributed by atoms with van der Waals surface area (Å²) >= 11 is 0. The van der Waals surface area contributed by atoms with Gasteiger partial charge in [-0.25, -0.2) is 0 Å². The van der Waals surface area contributed by atoms with Gasteiger partial charge in [-0.1, -0.05) is 0 Å². The van der Waals surface area contributed by atoms with E-state index in [1.54, 1.807) is 14.2 Å². The quantitative estimate of drug-likeness (QED) is 0.740. The number of nitrogen functional groups attached to an aromatic ring is 1. The van der Waals surface area contributed by atoms with Crippen LogP contribution in [-0.2, 0) is 20.7 Å². The Labute approximate surface area is 125 Å². The number of amides is 1. The Morgan fingerprint density at radius 3 is 2.48 bits per heavy atom. The van der Waals surface area contributed by atoms with Gasteiger partial charge in [0.2, 0.25) is 5.91 Å². The molecule has 0 bridgehead atoms. The number of rotatable bonds is 7. The van der Waals surface area contributed by atoms with Gasteiger partial charge in [0.15, 0.2) is 0 Å². The van der Waals surface area contributed by atoms with E-state index in [0.717, 1.165) is 42.1 Å². The van der Waals surface area contributed by atoms with Gasteiger partial charge >= 0.3 is 0 Å². The lowest BCUT2D eigenvalue weighted by atomic mass is 10.0. The molecule has 21 heavy (non-hydrogen) atoms. The van der Waals surface area contributed by atoms with Crippen LogP contribution in [0, 0.1) is 0 Å². The van der Waals surface area contributed by atoms with Crippen molar-refractivity contribution in [3.05, 3.63) is 17.7 Å². The molecular formula is C15H23N3O3. The highest BCUT2D eigenvalue weighted by atomic mass is 16.5. The second-order valence-corrected chi connectivity index (χ2v) is 5.09. The molecule has 0 aliphatic carbocycles. The smallest absolute Gasteiger partial charge is 0.224 e. The van der Waals surface area contributed by atoms with Crippen molar-refractivity contribution in [1.29, 1.82) is 0 Å². The van der Waals surface area contributed by atoms with E-state index >= 15 is 0 Å². The maximum atomic E-state index is 11.5. The van der Waals surface area contributed by atoms with E-state index in [4.69, 9.17) is 15.2 Å². The molecule has 6 heteroatoms. The molecule has 3 N–H and O–H groups in total. The first-order valence-electron chi connectivity index (χ1n) is 7.10. The predicted molar refractivity (Wildman–Crippen MR) is 83.8 cm³/mol. The normalized spacial score (nSPS) is 13.7. The van der Waals surface area contributed by atoms with E-state index in [2.05, 4.69) is 10.2 Å². The molecule has 1 amide bonds. The number of fused-ring (bicyclic) bond motifs is 1. The van der Waals surface area contributed by atoms with Crippen molar-refractivity contribution in [2.75, 3.05) is 56.5 Å². The minimum atomic E-state index is 0.0542. The van der Waals surface area contributed by atoms with Crippen LogP contribution in [0.15, 0.2) is 12.1 Å². The maximum Gasteiger partial charge on any atom is 0.224 e. The molecule has 1 aliphatic heterocycles.